The number of hydrogen-bond acceptors (Lipinski definition) is 8. The number of phosphoric ester groups is 1. The second-order valence-electron chi connectivity index (χ2n) is 13.3. The van der Waals surface area contributed by atoms with Gasteiger partial charge in [0.2, 0.25) is 0 Å². The summed E-state index contributed by atoms with van der Waals surface area (Å²) in [5, 5.41) is 20.0. The van der Waals surface area contributed by atoms with Crippen LogP contribution >= 0.6 is 7.82 Å². The van der Waals surface area contributed by atoms with Gasteiger partial charge in [0.1, 0.15) is 6.61 Å². The molecule has 4 N–H and O–H groups in total. The lowest BCUT2D eigenvalue weighted by atomic mass is 10.1. The van der Waals surface area contributed by atoms with E-state index >= 15 is 0 Å². The van der Waals surface area contributed by atoms with Gasteiger partial charge in [0.05, 0.1) is 18.8 Å². The topological polar surface area (TPSA) is 160 Å². The van der Waals surface area contributed by atoms with Crippen LogP contribution in [0.15, 0.2) is 85.1 Å². The molecule has 3 atom stereocenters. The van der Waals surface area contributed by atoms with Crippen LogP contribution < -0.4 is 0 Å². The lowest BCUT2D eigenvalue weighted by molar-refractivity contribution is -0.161. The first-order chi connectivity index (χ1) is 26.1. The van der Waals surface area contributed by atoms with Crippen molar-refractivity contribution < 1.29 is 48.2 Å². The summed E-state index contributed by atoms with van der Waals surface area (Å²) < 4.78 is 26.1. The average molecular weight is 779 g/mol. The van der Waals surface area contributed by atoms with Crippen molar-refractivity contribution in [3.63, 3.8) is 0 Å². The second kappa shape index (κ2) is 37.1. The number of allylic oxidation sites excluding steroid dienone is 12. The molecule has 308 valence electrons. The molecule has 0 aromatic carbocycles. The standard InChI is InChI=1S/C43H71O10P/c1-3-5-7-8-9-10-11-12-13-14-15-16-17-18-22-25-29-35-43(47)53-41(38-52-54(48,49)50)37-51-42(46)36-30-34-40(45)33-28-24-21-19-20-23-27-32-39(44)31-26-6-4-2/h12-13,15-16,18,20-24,27-28,32-33,39-41,44-45H,3-11,14,17,19,25-26,29-31,34-38H2,1-2H3,(H2,48,49,50)/b13-12-,16-15-,22-18-,23-20-,24-21-,32-27+,33-28+/t39-,40-,41+/m0/s1. The third-order valence-corrected chi connectivity index (χ3v) is 8.58. The smallest absolute Gasteiger partial charge is 0.462 e. The lowest BCUT2D eigenvalue weighted by Crippen LogP contribution is -2.29. The van der Waals surface area contributed by atoms with Gasteiger partial charge >= 0.3 is 19.8 Å². The van der Waals surface area contributed by atoms with Crippen molar-refractivity contribution in [1.29, 1.82) is 0 Å². The number of carbonyl (C=O) groups excluding carboxylic acids is 2. The fourth-order valence-corrected chi connectivity index (χ4v) is 5.37. The maximum absolute atomic E-state index is 12.4. The zero-order valence-electron chi connectivity index (χ0n) is 33.1. The molecule has 0 bridgehead atoms. The van der Waals surface area contributed by atoms with E-state index in [2.05, 4.69) is 42.7 Å². The molecule has 0 aromatic rings. The normalized spacial score (nSPS) is 14.6. The highest BCUT2D eigenvalue weighted by Crippen LogP contribution is 2.36. The largest absolute Gasteiger partial charge is 0.469 e. The number of phosphoric acid groups is 1. The lowest BCUT2D eigenvalue weighted by Gasteiger charge is -2.18. The first kappa shape index (κ1) is 51.1. The van der Waals surface area contributed by atoms with Gasteiger partial charge in [0.15, 0.2) is 6.10 Å². The number of rotatable bonds is 35. The third-order valence-electron chi connectivity index (χ3n) is 8.09. The van der Waals surface area contributed by atoms with Crippen LogP contribution in [-0.2, 0) is 28.2 Å². The molecular weight excluding hydrogens is 707 g/mol. The van der Waals surface area contributed by atoms with Gasteiger partial charge in [-0.05, 0) is 64.2 Å². The molecule has 0 aliphatic heterocycles. The highest BCUT2D eigenvalue weighted by atomic mass is 31.2. The molecule has 0 amide bonds. The molecule has 0 rings (SSSR count). The van der Waals surface area contributed by atoms with Gasteiger partial charge in [-0.15, -0.1) is 0 Å². The molecular formula is C43H71O10P. The van der Waals surface area contributed by atoms with Gasteiger partial charge < -0.3 is 29.5 Å². The van der Waals surface area contributed by atoms with Crippen LogP contribution in [-0.4, -0.2) is 63.5 Å². The Morgan fingerprint density at radius 2 is 1.07 bits per heavy atom. The third kappa shape index (κ3) is 38.9. The minimum absolute atomic E-state index is 0.00382. The fraction of sp³-hybridized carbons (Fsp3) is 0.628. The van der Waals surface area contributed by atoms with Crippen LogP contribution in [0, 0.1) is 0 Å². The van der Waals surface area contributed by atoms with Crippen molar-refractivity contribution in [2.24, 2.45) is 0 Å². The Kier molecular flexibility index (Phi) is 35.1. The maximum Gasteiger partial charge on any atom is 0.469 e. The van der Waals surface area contributed by atoms with Gasteiger partial charge in [-0.3, -0.25) is 14.1 Å². The quantitative estimate of drug-likeness (QED) is 0.0160. The Bertz CT molecular complexity index is 1180. The number of hydrogen-bond donors (Lipinski definition) is 4. The van der Waals surface area contributed by atoms with Gasteiger partial charge in [0, 0.05) is 12.8 Å². The molecule has 0 fully saturated rings. The van der Waals surface area contributed by atoms with E-state index in [0.717, 1.165) is 44.9 Å². The van der Waals surface area contributed by atoms with E-state index in [-0.39, 0.29) is 12.8 Å². The molecule has 0 radical (unpaired) electrons. The average Bonchev–Trinajstić information content (AvgIpc) is 3.13. The Morgan fingerprint density at radius 1 is 0.574 bits per heavy atom. The van der Waals surface area contributed by atoms with Crippen molar-refractivity contribution in [1.82, 2.24) is 0 Å². The summed E-state index contributed by atoms with van der Waals surface area (Å²) >= 11 is 0. The molecule has 0 aromatic heterocycles. The van der Waals surface area contributed by atoms with Crippen molar-refractivity contribution in [2.45, 2.75) is 161 Å². The minimum atomic E-state index is -4.83. The molecule has 0 unspecified atom stereocenters. The van der Waals surface area contributed by atoms with Gasteiger partial charge in [-0.1, -0.05) is 150 Å². The van der Waals surface area contributed by atoms with E-state index in [0.29, 0.717) is 32.1 Å². The number of aliphatic hydroxyl groups excluding tert-OH is 2. The Labute approximate surface area is 326 Å². The minimum Gasteiger partial charge on any atom is -0.462 e. The van der Waals surface area contributed by atoms with E-state index < -0.39 is 51.3 Å². The van der Waals surface area contributed by atoms with Crippen LogP contribution in [0.2, 0.25) is 0 Å². The van der Waals surface area contributed by atoms with Gasteiger partial charge in [0.25, 0.3) is 0 Å². The molecule has 0 saturated carbocycles. The Balaban J connectivity index is 4.29. The highest BCUT2D eigenvalue weighted by molar-refractivity contribution is 7.46. The molecule has 0 aliphatic rings. The first-order valence-corrected chi connectivity index (χ1v) is 21.6. The summed E-state index contributed by atoms with van der Waals surface area (Å²) in [6.45, 7) is 3.32. The summed E-state index contributed by atoms with van der Waals surface area (Å²) in [6.07, 6.45) is 42.4. The zero-order chi connectivity index (χ0) is 40.0. The predicted molar refractivity (Wildman–Crippen MR) is 219 cm³/mol. The molecule has 0 saturated heterocycles. The van der Waals surface area contributed by atoms with Crippen LogP contribution in [0.25, 0.3) is 0 Å². The van der Waals surface area contributed by atoms with Crippen molar-refractivity contribution in [3.05, 3.63) is 85.1 Å². The van der Waals surface area contributed by atoms with Crippen LogP contribution in [0.3, 0.4) is 0 Å². The summed E-state index contributed by atoms with van der Waals surface area (Å²) in [7, 11) is -4.83. The highest BCUT2D eigenvalue weighted by Gasteiger charge is 2.23. The summed E-state index contributed by atoms with van der Waals surface area (Å²) in [5.74, 6) is -1.18. The molecule has 54 heavy (non-hydrogen) atoms. The van der Waals surface area contributed by atoms with E-state index in [1.54, 1.807) is 18.2 Å². The molecule has 0 heterocycles. The van der Waals surface area contributed by atoms with E-state index in [9.17, 15) is 24.4 Å². The fourth-order valence-electron chi connectivity index (χ4n) is 5.01. The van der Waals surface area contributed by atoms with Crippen LogP contribution in [0.1, 0.15) is 142 Å². The summed E-state index contributed by atoms with van der Waals surface area (Å²) in [4.78, 5) is 42.8. The number of aliphatic hydroxyl groups is 2. The Hall–Kier alpha value is -2.85. The van der Waals surface area contributed by atoms with Gasteiger partial charge in [-0.2, -0.15) is 0 Å². The van der Waals surface area contributed by atoms with Crippen molar-refractivity contribution in [2.75, 3.05) is 13.2 Å². The van der Waals surface area contributed by atoms with Crippen molar-refractivity contribution >= 4 is 19.8 Å². The van der Waals surface area contributed by atoms with Crippen LogP contribution in [0.5, 0.6) is 0 Å². The second-order valence-corrected chi connectivity index (χ2v) is 14.5. The summed E-state index contributed by atoms with van der Waals surface area (Å²) in [5.41, 5.74) is 0. The molecule has 0 spiro atoms. The first-order valence-electron chi connectivity index (χ1n) is 20.1. The van der Waals surface area contributed by atoms with E-state index in [1.165, 1.54) is 38.5 Å². The number of carbonyl (C=O) groups is 2. The summed E-state index contributed by atoms with van der Waals surface area (Å²) in [6, 6.07) is 0. The monoisotopic (exact) mass is 778 g/mol. The molecule has 10 nitrogen and oxygen atoms in total. The molecule has 11 heteroatoms. The van der Waals surface area contributed by atoms with Crippen molar-refractivity contribution in [3.8, 4) is 0 Å². The number of unbranched alkanes of at least 4 members (excludes halogenated alkanes) is 9. The SMILES string of the molecule is CCCCCCCC/C=C\C/C=C\C/C=C\CCCC(=O)O[C@H](COC(=O)CCC[C@@H](O)/C=C/C=C\C/C=C\C=C\[C@@H](O)CCCCC)COP(=O)(O)O. The predicted octanol–water partition coefficient (Wildman–Crippen LogP) is 10.0. The van der Waals surface area contributed by atoms with Crippen LogP contribution in [0.4, 0.5) is 0 Å². The van der Waals surface area contributed by atoms with E-state index in [1.807, 2.05) is 42.5 Å². The maximum atomic E-state index is 12.4. The van der Waals surface area contributed by atoms with Gasteiger partial charge in [-0.25, -0.2) is 4.57 Å². The zero-order valence-corrected chi connectivity index (χ0v) is 34.0. The molecule has 0 aliphatic carbocycles. The Morgan fingerprint density at radius 3 is 1.69 bits per heavy atom. The number of esters is 2. The number of ether oxygens (including phenoxy) is 2. The van der Waals surface area contributed by atoms with E-state index in [4.69, 9.17) is 19.3 Å².